The maximum Gasteiger partial charge on any atom is 0.146 e. The average Bonchev–Trinajstić information content (AvgIpc) is 2.04. The molecule has 0 saturated heterocycles. The predicted molar refractivity (Wildman–Crippen MR) is 52.2 cm³/mol. The lowest BCUT2D eigenvalue weighted by Gasteiger charge is -2.16. The third kappa shape index (κ3) is 6.30. The summed E-state index contributed by atoms with van der Waals surface area (Å²) in [6.07, 6.45) is 1.55. The van der Waals surface area contributed by atoms with Gasteiger partial charge in [0.25, 0.3) is 0 Å². The number of Topliss-reactive ketones (excluding diaryl/α,β-unsaturated/α-hetero) is 1. The van der Waals surface area contributed by atoms with E-state index in [0.717, 1.165) is 6.42 Å². The molecule has 0 spiro atoms. The maximum absolute atomic E-state index is 11.2. The number of nitrogens with zero attached hydrogens (tertiary/aromatic N) is 2. The van der Waals surface area contributed by atoms with Gasteiger partial charge in [0.2, 0.25) is 0 Å². The molecule has 0 bridgehead atoms. The SMILES string of the molecule is CCCC(=O)CN(C)CC(C)C#N. The van der Waals surface area contributed by atoms with Crippen molar-refractivity contribution in [1.29, 1.82) is 5.26 Å². The van der Waals surface area contributed by atoms with Crippen molar-refractivity contribution in [3.05, 3.63) is 0 Å². The van der Waals surface area contributed by atoms with Crippen LogP contribution in [0, 0.1) is 17.2 Å². The molecule has 1 unspecified atom stereocenters. The summed E-state index contributed by atoms with van der Waals surface area (Å²) in [5, 5.41) is 8.56. The first-order chi connectivity index (χ1) is 6.10. The number of carbonyl (C=O) groups excluding carboxylic acids is 1. The van der Waals surface area contributed by atoms with Crippen LogP contribution in [0.4, 0.5) is 0 Å². The lowest BCUT2D eigenvalue weighted by molar-refractivity contribution is -0.120. The zero-order valence-corrected chi connectivity index (χ0v) is 8.71. The molecule has 0 heterocycles. The molecule has 0 N–H and O–H groups in total. The van der Waals surface area contributed by atoms with Gasteiger partial charge in [-0.3, -0.25) is 9.69 Å². The molecule has 0 radical (unpaired) electrons. The lowest BCUT2D eigenvalue weighted by atomic mass is 10.2. The fraction of sp³-hybridized carbons (Fsp3) is 0.800. The molecule has 0 aliphatic carbocycles. The molecule has 0 aliphatic rings. The molecular formula is C10H18N2O. The van der Waals surface area contributed by atoms with Crippen LogP contribution in [0.15, 0.2) is 0 Å². The van der Waals surface area contributed by atoms with Gasteiger partial charge >= 0.3 is 0 Å². The second-order valence-electron chi connectivity index (χ2n) is 3.52. The van der Waals surface area contributed by atoms with Crippen LogP contribution >= 0.6 is 0 Å². The number of rotatable bonds is 6. The Morgan fingerprint density at radius 2 is 2.23 bits per heavy atom. The second-order valence-corrected chi connectivity index (χ2v) is 3.52. The fourth-order valence-electron chi connectivity index (χ4n) is 1.23. The van der Waals surface area contributed by atoms with E-state index in [1.54, 1.807) is 0 Å². The third-order valence-corrected chi connectivity index (χ3v) is 1.78. The number of likely N-dealkylation sites (N-methyl/N-ethyl adjacent to an activating group) is 1. The van der Waals surface area contributed by atoms with Crippen LogP contribution in [0.5, 0.6) is 0 Å². The Kier molecular flexibility index (Phi) is 6.17. The van der Waals surface area contributed by atoms with Gasteiger partial charge in [-0.15, -0.1) is 0 Å². The molecule has 0 rings (SSSR count). The summed E-state index contributed by atoms with van der Waals surface area (Å²) in [4.78, 5) is 13.1. The highest BCUT2D eigenvalue weighted by Gasteiger charge is 2.08. The van der Waals surface area contributed by atoms with Crippen LogP contribution in [0.1, 0.15) is 26.7 Å². The standard InChI is InChI=1S/C10H18N2O/c1-4-5-10(13)8-12(3)7-9(2)6-11/h9H,4-5,7-8H2,1-3H3. The molecule has 3 heteroatoms. The van der Waals surface area contributed by atoms with E-state index in [1.165, 1.54) is 0 Å². The third-order valence-electron chi connectivity index (χ3n) is 1.78. The summed E-state index contributed by atoms with van der Waals surface area (Å²) < 4.78 is 0. The minimum Gasteiger partial charge on any atom is -0.298 e. The highest BCUT2D eigenvalue weighted by atomic mass is 16.1. The van der Waals surface area contributed by atoms with Crippen LogP contribution in [0.2, 0.25) is 0 Å². The quantitative estimate of drug-likeness (QED) is 0.624. The molecule has 0 aromatic heterocycles. The largest absolute Gasteiger partial charge is 0.298 e. The van der Waals surface area contributed by atoms with Crippen molar-refractivity contribution in [3.8, 4) is 6.07 Å². The minimum absolute atomic E-state index is 0.000531. The summed E-state index contributed by atoms with van der Waals surface area (Å²) >= 11 is 0. The monoisotopic (exact) mass is 182 g/mol. The van der Waals surface area contributed by atoms with E-state index in [4.69, 9.17) is 5.26 Å². The molecule has 13 heavy (non-hydrogen) atoms. The van der Waals surface area contributed by atoms with Gasteiger partial charge in [0.15, 0.2) is 0 Å². The van der Waals surface area contributed by atoms with E-state index in [1.807, 2.05) is 25.8 Å². The molecule has 0 amide bonds. The molecule has 0 saturated carbocycles. The van der Waals surface area contributed by atoms with Crippen LogP contribution < -0.4 is 0 Å². The Bertz CT molecular complexity index is 196. The van der Waals surface area contributed by atoms with Crippen LogP contribution in [0.3, 0.4) is 0 Å². The highest BCUT2D eigenvalue weighted by Crippen LogP contribution is 1.97. The van der Waals surface area contributed by atoms with E-state index >= 15 is 0 Å². The Balaban J connectivity index is 3.68. The van der Waals surface area contributed by atoms with Crippen molar-refractivity contribution in [3.63, 3.8) is 0 Å². The molecule has 1 atom stereocenters. The molecule has 74 valence electrons. The summed E-state index contributed by atoms with van der Waals surface area (Å²) in [7, 11) is 1.88. The van der Waals surface area contributed by atoms with Crippen LogP contribution in [-0.2, 0) is 4.79 Å². The molecule has 0 aromatic carbocycles. The number of hydrogen-bond donors (Lipinski definition) is 0. The smallest absolute Gasteiger partial charge is 0.146 e. The van der Waals surface area contributed by atoms with Gasteiger partial charge in [-0.2, -0.15) is 5.26 Å². The fourth-order valence-corrected chi connectivity index (χ4v) is 1.23. The van der Waals surface area contributed by atoms with Gasteiger partial charge in [0.05, 0.1) is 18.5 Å². The summed E-state index contributed by atoms with van der Waals surface area (Å²) in [6.45, 7) is 5.00. The first-order valence-corrected chi connectivity index (χ1v) is 4.70. The van der Waals surface area contributed by atoms with Gasteiger partial charge in [-0.05, 0) is 20.4 Å². The topological polar surface area (TPSA) is 44.1 Å². The van der Waals surface area contributed by atoms with Crippen molar-refractivity contribution in [1.82, 2.24) is 4.90 Å². The van der Waals surface area contributed by atoms with Crippen molar-refractivity contribution in [2.24, 2.45) is 5.92 Å². The molecule has 3 nitrogen and oxygen atoms in total. The van der Waals surface area contributed by atoms with Crippen molar-refractivity contribution in [2.75, 3.05) is 20.1 Å². The summed E-state index contributed by atoms with van der Waals surface area (Å²) in [5.41, 5.74) is 0. The van der Waals surface area contributed by atoms with Crippen molar-refractivity contribution < 1.29 is 4.79 Å². The first-order valence-electron chi connectivity index (χ1n) is 4.70. The van der Waals surface area contributed by atoms with Crippen LogP contribution in [-0.4, -0.2) is 30.8 Å². The van der Waals surface area contributed by atoms with Gasteiger partial charge in [0, 0.05) is 13.0 Å². The Labute approximate surface area is 80.3 Å². The highest BCUT2D eigenvalue weighted by molar-refractivity contribution is 5.80. The second kappa shape index (κ2) is 6.62. The van der Waals surface area contributed by atoms with E-state index in [2.05, 4.69) is 6.07 Å². The molecule has 0 aromatic rings. The Morgan fingerprint density at radius 3 is 2.69 bits per heavy atom. The Morgan fingerprint density at radius 1 is 1.62 bits per heavy atom. The zero-order chi connectivity index (χ0) is 10.3. The number of ketones is 1. The zero-order valence-electron chi connectivity index (χ0n) is 8.71. The summed E-state index contributed by atoms with van der Waals surface area (Å²) in [6, 6.07) is 2.15. The van der Waals surface area contributed by atoms with Gasteiger partial charge in [-0.25, -0.2) is 0 Å². The first kappa shape index (κ1) is 12.1. The predicted octanol–water partition coefficient (Wildman–Crippen LogP) is 1.45. The normalized spacial score (nSPS) is 12.5. The molecule has 0 fully saturated rings. The molecule has 0 aliphatic heterocycles. The number of carbonyl (C=O) groups is 1. The lowest BCUT2D eigenvalue weighted by Crippen LogP contribution is -2.29. The maximum atomic E-state index is 11.2. The van der Waals surface area contributed by atoms with Gasteiger partial charge in [0.1, 0.15) is 5.78 Å². The Hall–Kier alpha value is -0.880. The van der Waals surface area contributed by atoms with Crippen molar-refractivity contribution in [2.45, 2.75) is 26.7 Å². The van der Waals surface area contributed by atoms with Gasteiger partial charge < -0.3 is 0 Å². The molecular weight excluding hydrogens is 164 g/mol. The minimum atomic E-state index is -0.000531. The van der Waals surface area contributed by atoms with E-state index < -0.39 is 0 Å². The van der Waals surface area contributed by atoms with Crippen molar-refractivity contribution >= 4 is 5.78 Å². The van der Waals surface area contributed by atoms with Crippen LogP contribution in [0.25, 0.3) is 0 Å². The van der Waals surface area contributed by atoms with E-state index in [-0.39, 0.29) is 11.7 Å². The van der Waals surface area contributed by atoms with Gasteiger partial charge in [-0.1, -0.05) is 6.92 Å². The van der Waals surface area contributed by atoms with E-state index in [0.29, 0.717) is 19.5 Å². The number of nitriles is 1. The summed E-state index contributed by atoms with van der Waals surface area (Å²) in [5.74, 6) is 0.259. The average molecular weight is 182 g/mol. The van der Waals surface area contributed by atoms with E-state index in [9.17, 15) is 4.79 Å². The number of hydrogen-bond acceptors (Lipinski definition) is 3.